The second-order valence-corrected chi connectivity index (χ2v) is 4.16. The van der Waals surface area contributed by atoms with Crippen LogP contribution in [0.2, 0.25) is 0 Å². The summed E-state index contributed by atoms with van der Waals surface area (Å²) in [7, 11) is 2.90. The minimum absolute atomic E-state index is 0.0686. The molecule has 102 valence electrons. The molecule has 1 aromatic carbocycles. The van der Waals surface area contributed by atoms with Gasteiger partial charge in [-0.05, 0) is 24.1 Å². The van der Waals surface area contributed by atoms with E-state index in [1.165, 1.54) is 14.2 Å². The minimum Gasteiger partial charge on any atom is -0.502 e. The second-order valence-electron chi connectivity index (χ2n) is 4.16. The van der Waals surface area contributed by atoms with Crippen molar-refractivity contribution in [3.05, 3.63) is 17.7 Å². The minimum atomic E-state index is -0.631. The van der Waals surface area contributed by atoms with Gasteiger partial charge >= 0.3 is 0 Å². The molecule has 0 unspecified atom stereocenters. The number of ether oxygens (including phenoxy) is 2. The van der Waals surface area contributed by atoms with E-state index in [9.17, 15) is 10.2 Å². The lowest BCUT2D eigenvalue weighted by Gasteiger charge is -2.20. The third kappa shape index (κ3) is 3.05. The number of benzene rings is 1. The first-order chi connectivity index (χ1) is 8.54. The van der Waals surface area contributed by atoms with Gasteiger partial charge in [0.25, 0.3) is 0 Å². The van der Waals surface area contributed by atoms with Gasteiger partial charge in [0.05, 0.1) is 26.4 Å². The van der Waals surface area contributed by atoms with Crippen molar-refractivity contribution < 1.29 is 19.7 Å². The molecule has 0 saturated heterocycles. The molecule has 0 aliphatic rings. The van der Waals surface area contributed by atoms with E-state index in [2.05, 4.69) is 0 Å². The first kappa shape index (κ1) is 14.6. The van der Waals surface area contributed by atoms with Gasteiger partial charge in [-0.2, -0.15) is 0 Å². The summed E-state index contributed by atoms with van der Waals surface area (Å²) in [4.78, 5) is 0. The molecule has 0 bridgehead atoms. The van der Waals surface area contributed by atoms with Crippen molar-refractivity contribution in [1.82, 2.24) is 0 Å². The normalized spacial score (nSPS) is 14.1. The number of aliphatic hydroxyl groups is 1. The summed E-state index contributed by atoms with van der Waals surface area (Å²) in [6, 6.07) is 2.69. The van der Waals surface area contributed by atoms with Crippen LogP contribution in [0.1, 0.15) is 31.4 Å². The largest absolute Gasteiger partial charge is 0.502 e. The van der Waals surface area contributed by atoms with Gasteiger partial charge in [0.15, 0.2) is 11.5 Å². The Kier molecular flexibility index (Phi) is 5.25. The maximum absolute atomic E-state index is 9.90. The number of hydrogen-bond donors (Lipinski definition) is 3. The lowest BCUT2D eigenvalue weighted by Crippen LogP contribution is -2.26. The molecule has 0 aromatic heterocycles. The third-order valence-corrected chi connectivity index (χ3v) is 2.89. The van der Waals surface area contributed by atoms with E-state index in [0.29, 0.717) is 12.0 Å². The van der Waals surface area contributed by atoms with Gasteiger partial charge in [-0.25, -0.2) is 0 Å². The number of phenolic OH excluding ortho intramolecular Hbond substituents is 1. The lowest BCUT2D eigenvalue weighted by atomic mass is 9.98. The Morgan fingerprint density at radius 3 is 2.11 bits per heavy atom. The highest BCUT2D eigenvalue weighted by Gasteiger charge is 2.20. The van der Waals surface area contributed by atoms with Gasteiger partial charge in [0.1, 0.15) is 0 Å². The van der Waals surface area contributed by atoms with Crippen LogP contribution >= 0.6 is 0 Å². The van der Waals surface area contributed by atoms with Crippen LogP contribution in [-0.2, 0) is 0 Å². The van der Waals surface area contributed by atoms with E-state index in [1.54, 1.807) is 12.1 Å². The summed E-state index contributed by atoms with van der Waals surface area (Å²) in [6.07, 6.45) is 0.836. The molecular weight excluding hydrogens is 234 g/mol. The summed E-state index contributed by atoms with van der Waals surface area (Å²) < 4.78 is 10.1. The fraction of sp³-hybridized carbons (Fsp3) is 0.538. The quantitative estimate of drug-likeness (QED) is 0.718. The SMILES string of the molecule is CCC[C@H](O)[C@H](N)c1cc(OC)c(O)c(OC)c1. The fourth-order valence-corrected chi connectivity index (χ4v) is 1.80. The standard InChI is InChI=1S/C13H21NO4/c1-4-5-9(15)12(14)8-6-10(17-2)13(16)11(7-8)18-3/h6-7,9,12,15-16H,4-5,14H2,1-3H3/t9-,12+/m0/s1. The van der Waals surface area contributed by atoms with Crippen LogP contribution in [0.25, 0.3) is 0 Å². The highest BCUT2D eigenvalue weighted by molar-refractivity contribution is 5.53. The van der Waals surface area contributed by atoms with E-state index in [0.717, 1.165) is 6.42 Å². The van der Waals surface area contributed by atoms with Crippen LogP contribution in [-0.4, -0.2) is 30.5 Å². The Hall–Kier alpha value is -1.46. The molecule has 1 rings (SSSR count). The molecule has 0 aliphatic heterocycles. The van der Waals surface area contributed by atoms with Gasteiger partial charge < -0.3 is 25.4 Å². The van der Waals surface area contributed by atoms with Crippen LogP contribution in [0.15, 0.2) is 12.1 Å². The lowest BCUT2D eigenvalue weighted by molar-refractivity contribution is 0.134. The number of aromatic hydroxyl groups is 1. The Labute approximate surface area is 107 Å². The number of nitrogens with two attached hydrogens (primary N) is 1. The van der Waals surface area contributed by atoms with Gasteiger partial charge in [-0.15, -0.1) is 0 Å². The maximum Gasteiger partial charge on any atom is 0.200 e. The zero-order chi connectivity index (χ0) is 13.7. The maximum atomic E-state index is 9.90. The smallest absolute Gasteiger partial charge is 0.200 e. The van der Waals surface area contributed by atoms with Gasteiger partial charge in [0.2, 0.25) is 5.75 Å². The van der Waals surface area contributed by atoms with Crippen molar-refractivity contribution in [2.24, 2.45) is 5.73 Å². The molecule has 1 aromatic rings. The summed E-state index contributed by atoms with van der Waals surface area (Å²) in [5.41, 5.74) is 6.65. The van der Waals surface area contributed by atoms with Crippen molar-refractivity contribution in [3.63, 3.8) is 0 Å². The summed E-state index contributed by atoms with van der Waals surface area (Å²) in [5, 5.41) is 19.7. The van der Waals surface area contributed by atoms with Gasteiger partial charge in [0, 0.05) is 0 Å². The van der Waals surface area contributed by atoms with Crippen molar-refractivity contribution in [2.45, 2.75) is 31.9 Å². The first-order valence-electron chi connectivity index (χ1n) is 5.93. The average Bonchev–Trinajstić information content (AvgIpc) is 2.38. The Morgan fingerprint density at radius 2 is 1.72 bits per heavy atom. The Bertz CT molecular complexity index is 370. The highest BCUT2D eigenvalue weighted by atomic mass is 16.5. The molecule has 0 saturated carbocycles. The Morgan fingerprint density at radius 1 is 1.22 bits per heavy atom. The monoisotopic (exact) mass is 255 g/mol. The number of aliphatic hydroxyl groups excluding tert-OH is 1. The summed E-state index contributed by atoms with van der Waals surface area (Å²) >= 11 is 0. The second kappa shape index (κ2) is 6.47. The van der Waals surface area contributed by atoms with E-state index in [4.69, 9.17) is 15.2 Å². The summed E-state index contributed by atoms with van der Waals surface area (Å²) in [5.74, 6) is 0.493. The zero-order valence-electron chi connectivity index (χ0n) is 11.0. The first-order valence-corrected chi connectivity index (χ1v) is 5.93. The number of rotatable bonds is 6. The predicted molar refractivity (Wildman–Crippen MR) is 69.1 cm³/mol. The molecule has 0 heterocycles. The topological polar surface area (TPSA) is 84.9 Å². The molecule has 0 amide bonds. The van der Waals surface area contributed by atoms with Crippen LogP contribution in [0, 0.1) is 0 Å². The molecule has 0 spiro atoms. The third-order valence-electron chi connectivity index (χ3n) is 2.89. The summed E-state index contributed by atoms with van der Waals surface area (Å²) in [6.45, 7) is 1.98. The number of hydrogen-bond acceptors (Lipinski definition) is 5. The van der Waals surface area contributed by atoms with Gasteiger partial charge in [-0.3, -0.25) is 0 Å². The van der Waals surface area contributed by atoms with E-state index in [-0.39, 0.29) is 17.2 Å². The molecular formula is C13H21NO4. The predicted octanol–water partition coefficient (Wildman–Crippen LogP) is 1.57. The highest BCUT2D eigenvalue weighted by Crippen LogP contribution is 2.38. The molecule has 5 nitrogen and oxygen atoms in total. The van der Waals surface area contributed by atoms with Crippen LogP contribution in [0.5, 0.6) is 17.2 Å². The Balaban J connectivity index is 3.08. The van der Waals surface area contributed by atoms with E-state index >= 15 is 0 Å². The van der Waals surface area contributed by atoms with Crippen molar-refractivity contribution in [1.29, 1.82) is 0 Å². The van der Waals surface area contributed by atoms with Crippen molar-refractivity contribution in [2.75, 3.05) is 14.2 Å². The molecule has 0 radical (unpaired) electrons. The van der Waals surface area contributed by atoms with E-state index in [1.807, 2.05) is 6.92 Å². The number of methoxy groups -OCH3 is 2. The molecule has 0 aliphatic carbocycles. The van der Waals surface area contributed by atoms with E-state index < -0.39 is 12.1 Å². The van der Waals surface area contributed by atoms with Crippen LogP contribution < -0.4 is 15.2 Å². The molecule has 2 atom stereocenters. The zero-order valence-corrected chi connectivity index (χ0v) is 11.0. The molecule has 4 N–H and O–H groups in total. The molecule has 5 heteroatoms. The van der Waals surface area contributed by atoms with Crippen LogP contribution in [0.4, 0.5) is 0 Å². The van der Waals surface area contributed by atoms with Crippen molar-refractivity contribution in [3.8, 4) is 17.2 Å². The fourth-order valence-electron chi connectivity index (χ4n) is 1.80. The van der Waals surface area contributed by atoms with Crippen LogP contribution in [0.3, 0.4) is 0 Å². The van der Waals surface area contributed by atoms with Gasteiger partial charge in [-0.1, -0.05) is 13.3 Å². The average molecular weight is 255 g/mol. The molecule has 18 heavy (non-hydrogen) atoms. The molecule has 0 fully saturated rings. The number of phenols is 1. The van der Waals surface area contributed by atoms with Crippen molar-refractivity contribution >= 4 is 0 Å².